The predicted octanol–water partition coefficient (Wildman–Crippen LogP) is 0.0204. The number of amides is 2. The number of likely N-dealkylation sites (tertiary alicyclic amines) is 1. The second-order valence-corrected chi connectivity index (χ2v) is 4.29. The molecule has 0 N–H and O–H groups in total. The fourth-order valence-electron chi connectivity index (χ4n) is 1.95. The van der Waals surface area contributed by atoms with Gasteiger partial charge in [0.25, 0.3) is 0 Å². The average molecular weight is 256 g/mol. The lowest BCUT2D eigenvalue weighted by molar-refractivity contribution is -0.142. The molecule has 0 aromatic carbocycles. The molecule has 1 aliphatic rings. The minimum Gasteiger partial charge on any atom is -0.468 e. The van der Waals surface area contributed by atoms with Gasteiger partial charge in [-0.25, -0.2) is 0 Å². The smallest absolute Gasteiger partial charge is 0.319 e. The Morgan fingerprint density at radius 2 is 1.89 bits per heavy atom. The molecule has 0 spiro atoms. The third-order valence-corrected chi connectivity index (χ3v) is 2.91. The number of ether oxygens (including phenoxy) is 1. The molecule has 0 aromatic rings. The van der Waals surface area contributed by atoms with E-state index in [1.807, 2.05) is 11.8 Å². The van der Waals surface area contributed by atoms with Crippen molar-refractivity contribution in [3.05, 3.63) is 0 Å². The summed E-state index contributed by atoms with van der Waals surface area (Å²) in [6.45, 7) is 3.82. The van der Waals surface area contributed by atoms with Gasteiger partial charge in [0.2, 0.25) is 11.8 Å². The van der Waals surface area contributed by atoms with Crippen LogP contribution in [0.1, 0.15) is 26.2 Å². The third-order valence-electron chi connectivity index (χ3n) is 2.91. The summed E-state index contributed by atoms with van der Waals surface area (Å²) < 4.78 is 4.61. The Morgan fingerprint density at radius 1 is 1.28 bits per heavy atom. The van der Waals surface area contributed by atoms with E-state index in [2.05, 4.69) is 4.74 Å². The zero-order chi connectivity index (χ0) is 13.5. The fourth-order valence-corrected chi connectivity index (χ4v) is 1.95. The van der Waals surface area contributed by atoms with Crippen LogP contribution in [0.25, 0.3) is 0 Å². The molecule has 0 unspecified atom stereocenters. The van der Waals surface area contributed by atoms with E-state index < -0.39 is 0 Å². The third kappa shape index (κ3) is 4.10. The topological polar surface area (TPSA) is 66.9 Å². The van der Waals surface area contributed by atoms with Gasteiger partial charge in [-0.2, -0.15) is 0 Å². The molecule has 1 saturated heterocycles. The van der Waals surface area contributed by atoms with Gasteiger partial charge >= 0.3 is 5.97 Å². The van der Waals surface area contributed by atoms with Gasteiger partial charge in [-0.05, 0) is 13.0 Å². The van der Waals surface area contributed by atoms with Gasteiger partial charge in [-0.15, -0.1) is 0 Å². The number of carbonyl (C=O) groups is 3. The zero-order valence-corrected chi connectivity index (χ0v) is 11.0. The normalized spacial score (nSPS) is 15.6. The van der Waals surface area contributed by atoms with Gasteiger partial charge < -0.3 is 4.74 Å². The first-order chi connectivity index (χ1) is 8.58. The number of esters is 1. The second-order valence-electron chi connectivity index (χ2n) is 4.29. The van der Waals surface area contributed by atoms with Crippen molar-refractivity contribution in [2.75, 3.05) is 33.3 Å². The standard InChI is InChI=1S/C12H20N2O4/c1-3-6-13(9-12(17)18-2)7-8-14-10(15)4-5-11(14)16/h3-9H2,1-2H3. The van der Waals surface area contributed by atoms with Crippen molar-refractivity contribution < 1.29 is 19.1 Å². The number of nitrogens with zero attached hydrogens (tertiary/aromatic N) is 2. The summed E-state index contributed by atoms with van der Waals surface area (Å²) in [7, 11) is 1.35. The highest BCUT2D eigenvalue weighted by Crippen LogP contribution is 2.11. The maximum Gasteiger partial charge on any atom is 0.319 e. The van der Waals surface area contributed by atoms with Gasteiger partial charge in [0.1, 0.15) is 0 Å². The molecule has 0 bridgehead atoms. The summed E-state index contributed by atoms with van der Waals surface area (Å²) in [5.41, 5.74) is 0. The Bertz CT molecular complexity index is 314. The van der Waals surface area contributed by atoms with Crippen molar-refractivity contribution in [3.8, 4) is 0 Å². The first-order valence-corrected chi connectivity index (χ1v) is 6.20. The van der Waals surface area contributed by atoms with Crippen LogP contribution in [-0.2, 0) is 19.1 Å². The van der Waals surface area contributed by atoms with E-state index in [9.17, 15) is 14.4 Å². The van der Waals surface area contributed by atoms with Crippen LogP contribution in [0.15, 0.2) is 0 Å². The minimum absolute atomic E-state index is 0.116. The highest BCUT2D eigenvalue weighted by molar-refractivity contribution is 6.01. The Balaban J connectivity index is 2.43. The molecule has 0 radical (unpaired) electrons. The van der Waals surface area contributed by atoms with E-state index in [1.165, 1.54) is 12.0 Å². The molecule has 0 saturated carbocycles. The molecule has 1 fully saturated rings. The van der Waals surface area contributed by atoms with Gasteiger partial charge in [0.15, 0.2) is 0 Å². The number of hydrogen-bond acceptors (Lipinski definition) is 5. The molecule has 18 heavy (non-hydrogen) atoms. The molecule has 1 heterocycles. The van der Waals surface area contributed by atoms with Gasteiger partial charge in [0.05, 0.1) is 13.7 Å². The van der Waals surface area contributed by atoms with Crippen LogP contribution in [0.3, 0.4) is 0 Å². The monoisotopic (exact) mass is 256 g/mol. The van der Waals surface area contributed by atoms with Crippen LogP contribution in [0.2, 0.25) is 0 Å². The van der Waals surface area contributed by atoms with Crippen molar-refractivity contribution in [3.63, 3.8) is 0 Å². The molecule has 6 heteroatoms. The summed E-state index contributed by atoms with van der Waals surface area (Å²) in [6, 6.07) is 0. The maximum absolute atomic E-state index is 11.4. The molecular weight excluding hydrogens is 236 g/mol. The molecule has 102 valence electrons. The van der Waals surface area contributed by atoms with Crippen molar-refractivity contribution in [2.24, 2.45) is 0 Å². The largest absolute Gasteiger partial charge is 0.468 e. The number of imide groups is 1. The number of carbonyl (C=O) groups excluding carboxylic acids is 3. The average Bonchev–Trinajstić information content (AvgIpc) is 2.66. The highest BCUT2D eigenvalue weighted by Gasteiger charge is 2.28. The van der Waals surface area contributed by atoms with Crippen molar-refractivity contribution in [1.29, 1.82) is 0 Å². The summed E-state index contributed by atoms with van der Waals surface area (Å²) in [4.78, 5) is 37.2. The van der Waals surface area contributed by atoms with Gasteiger partial charge in [0, 0.05) is 25.9 Å². The minimum atomic E-state index is -0.303. The van der Waals surface area contributed by atoms with E-state index in [0.717, 1.165) is 13.0 Å². The van der Waals surface area contributed by atoms with E-state index in [-0.39, 0.29) is 24.3 Å². The Morgan fingerprint density at radius 3 is 2.39 bits per heavy atom. The second kappa shape index (κ2) is 7.10. The van der Waals surface area contributed by atoms with Crippen molar-refractivity contribution in [2.45, 2.75) is 26.2 Å². The zero-order valence-electron chi connectivity index (χ0n) is 11.0. The van der Waals surface area contributed by atoms with Crippen molar-refractivity contribution in [1.82, 2.24) is 9.80 Å². The Hall–Kier alpha value is -1.43. The quantitative estimate of drug-likeness (QED) is 0.474. The summed E-state index contributed by atoms with van der Waals surface area (Å²) in [6.07, 6.45) is 1.52. The van der Waals surface area contributed by atoms with Crippen LogP contribution in [-0.4, -0.2) is 60.9 Å². The number of rotatable bonds is 7. The van der Waals surface area contributed by atoms with E-state index in [0.29, 0.717) is 25.9 Å². The van der Waals surface area contributed by atoms with E-state index in [4.69, 9.17) is 0 Å². The van der Waals surface area contributed by atoms with Crippen LogP contribution in [0, 0.1) is 0 Å². The lowest BCUT2D eigenvalue weighted by atomic mass is 10.3. The number of hydrogen-bond donors (Lipinski definition) is 0. The Kier molecular flexibility index (Phi) is 5.77. The van der Waals surface area contributed by atoms with Gasteiger partial charge in [-0.1, -0.05) is 6.92 Å². The van der Waals surface area contributed by atoms with E-state index >= 15 is 0 Å². The van der Waals surface area contributed by atoms with Crippen LogP contribution >= 0.6 is 0 Å². The molecule has 0 aliphatic carbocycles. The van der Waals surface area contributed by atoms with Crippen molar-refractivity contribution >= 4 is 17.8 Å². The Labute approximate surface area is 107 Å². The lowest BCUT2D eigenvalue weighted by Crippen LogP contribution is -2.40. The van der Waals surface area contributed by atoms with E-state index in [1.54, 1.807) is 0 Å². The number of methoxy groups -OCH3 is 1. The SMILES string of the molecule is CCCN(CCN1C(=O)CCC1=O)CC(=O)OC. The fraction of sp³-hybridized carbons (Fsp3) is 0.750. The lowest BCUT2D eigenvalue weighted by Gasteiger charge is -2.23. The molecule has 1 rings (SSSR count). The van der Waals surface area contributed by atoms with Crippen LogP contribution in [0.5, 0.6) is 0 Å². The summed E-state index contributed by atoms with van der Waals surface area (Å²) >= 11 is 0. The highest BCUT2D eigenvalue weighted by atomic mass is 16.5. The molecular formula is C12H20N2O4. The maximum atomic E-state index is 11.4. The molecule has 0 aromatic heterocycles. The molecule has 0 atom stereocenters. The van der Waals surface area contributed by atoms with Crippen LogP contribution < -0.4 is 0 Å². The predicted molar refractivity (Wildman–Crippen MR) is 64.7 cm³/mol. The first-order valence-electron chi connectivity index (χ1n) is 6.20. The first kappa shape index (κ1) is 14.6. The molecule has 6 nitrogen and oxygen atoms in total. The van der Waals surface area contributed by atoms with Crippen LogP contribution in [0.4, 0.5) is 0 Å². The van der Waals surface area contributed by atoms with Gasteiger partial charge in [-0.3, -0.25) is 24.2 Å². The molecule has 1 aliphatic heterocycles. The summed E-state index contributed by atoms with van der Waals surface area (Å²) in [5, 5.41) is 0. The summed E-state index contributed by atoms with van der Waals surface area (Å²) in [5.74, 6) is -0.536. The molecule has 2 amide bonds.